The SMILES string of the molecule is Cc1nnc(N2C(=O)C(=O)C(=C(O)c3c(C)nc4ccccn34)C2c2cccc(Oc3ccccc3)c2)s1. The van der Waals surface area contributed by atoms with Crippen LogP contribution in [0.5, 0.6) is 11.5 Å². The van der Waals surface area contributed by atoms with Crippen LogP contribution in [-0.4, -0.2) is 36.4 Å². The zero-order valence-electron chi connectivity index (χ0n) is 20.4. The fourth-order valence-corrected chi connectivity index (χ4v) is 5.34. The number of aromatic nitrogens is 4. The highest BCUT2D eigenvalue weighted by Gasteiger charge is 2.49. The smallest absolute Gasteiger partial charge is 0.301 e. The summed E-state index contributed by atoms with van der Waals surface area (Å²) >= 11 is 1.19. The van der Waals surface area contributed by atoms with Gasteiger partial charge in [-0.3, -0.25) is 18.9 Å². The second-order valence-corrected chi connectivity index (χ2v) is 9.90. The number of nitrogens with zero attached hydrogens (tertiary/aromatic N) is 5. The lowest BCUT2D eigenvalue weighted by Gasteiger charge is -2.23. The van der Waals surface area contributed by atoms with E-state index in [0.717, 1.165) is 0 Å². The normalized spacial score (nSPS) is 16.9. The molecule has 1 aliphatic heterocycles. The number of hydrogen-bond acceptors (Lipinski definition) is 8. The second kappa shape index (κ2) is 9.24. The molecule has 1 amide bonds. The first-order valence-corrected chi connectivity index (χ1v) is 12.6. The van der Waals surface area contributed by atoms with E-state index in [-0.39, 0.29) is 16.5 Å². The van der Waals surface area contributed by atoms with Gasteiger partial charge in [0.2, 0.25) is 5.13 Å². The molecule has 188 valence electrons. The summed E-state index contributed by atoms with van der Waals surface area (Å²) < 4.78 is 7.71. The lowest BCUT2D eigenvalue weighted by atomic mass is 9.96. The number of carbonyl (C=O) groups excluding carboxylic acids is 2. The number of carbonyl (C=O) groups is 2. The van der Waals surface area contributed by atoms with Gasteiger partial charge in [0, 0.05) is 6.20 Å². The molecule has 2 aromatic carbocycles. The molecule has 1 aliphatic rings. The van der Waals surface area contributed by atoms with E-state index in [1.807, 2.05) is 36.4 Å². The summed E-state index contributed by atoms with van der Waals surface area (Å²) in [4.78, 5) is 32.7. The van der Waals surface area contributed by atoms with Crippen LogP contribution in [-0.2, 0) is 9.59 Å². The summed E-state index contributed by atoms with van der Waals surface area (Å²) in [5.41, 5.74) is 1.97. The maximum Gasteiger partial charge on any atom is 0.301 e. The minimum absolute atomic E-state index is 0.0616. The molecule has 38 heavy (non-hydrogen) atoms. The first-order chi connectivity index (χ1) is 18.4. The highest BCUT2D eigenvalue weighted by Crippen LogP contribution is 2.44. The Morgan fingerprint density at radius 1 is 0.947 bits per heavy atom. The largest absolute Gasteiger partial charge is 0.505 e. The molecular weight excluding hydrogens is 502 g/mol. The molecule has 5 aromatic rings. The molecule has 3 aromatic heterocycles. The van der Waals surface area contributed by atoms with E-state index < -0.39 is 17.7 Å². The topological polar surface area (TPSA) is 110 Å². The van der Waals surface area contributed by atoms with Crippen LogP contribution in [0.1, 0.15) is 28.0 Å². The van der Waals surface area contributed by atoms with Crippen molar-refractivity contribution < 1.29 is 19.4 Å². The first kappa shape index (κ1) is 23.6. The maximum absolute atomic E-state index is 13.5. The summed E-state index contributed by atoms with van der Waals surface area (Å²) in [6.45, 7) is 3.51. The average Bonchev–Trinajstić information content (AvgIpc) is 3.57. The molecule has 9 nitrogen and oxygen atoms in total. The van der Waals surface area contributed by atoms with E-state index in [9.17, 15) is 14.7 Å². The third kappa shape index (κ3) is 3.91. The van der Waals surface area contributed by atoms with E-state index in [4.69, 9.17) is 4.74 Å². The Bertz CT molecular complexity index is 1740. The maximum atomic E-state index is 13.5. The first-order valence-electron chi connectivity index (χ1n) is 11.8. The van der Waals surface area contributed by atoms with E-state index >= 15 is 0 Å². The number of aliphatic hydroxyl groups is 1. The van der Waals surface area contributed by atoms with Crippen molar-refractivity contribution in [3.8, 4) is 11.5 Å². The van der Waals surface area contributed by atoms with Gasteiger partial charge in [0.15, 0.2) is 5.76 Å². The fraction of sp³-hybridized carbons (Fsp3) is 0.107. The number of aliphatic hydroxyl groups excluding tert-OH is 1. The minimum Gasteiger partial charge on any atom is -0.505 e. The van der Waals surface area contributed by atoms with Crippen molar-refractivity contribution >= 4 is 39.6 Å². The molecule has 4 heterocycles. The monoisotopic (exact) mass is 523 g/mol. The summed E-state index contributed by atoms with van der Waals surface area (Å²) in [5.74, 6) is -0.783. The van der Waals surface area contributed by atoms with Gasteiger partial charge < -0.3 is 9.84 Å². The van der Waals surface area contributed by atoms with Gasteiger partial charge in [-0.25, -0.2) is 4.98 Å². The van der Waals surface area contributed by atoms with Crippen molar-refractivity contribution in [2.24, 2.45) is 0 Å². The Morgan fingerprint density at radius 3 is 2.47 bits per heavy atom. The number of rotatable bonds is 5. The van der Waals surface area contributed by atoms with Crippen molar-refractivity contribution in [2.75, 3.05) is 4.90 Å². The van der Waals surface area contributed by atoms with Crippen LogP contribution < -0.4 is 9.64 Å². The van der Waals surface area contributed by atoms with Crippen molar-refractivity contribution in [3.63, 3.8) is 0 Å². The predicted molar refractivity (Wildman–Crippen MR) is 142 cm³/mol. The molecule has 1 fully saturated rings. The van der Waals surface area contributed by atoms with Gasteiger partial charge in [-0.2, -0.15) is 0 Å². The second-order valence-electron chi connectivity index (χ2n) is 8.74. The third-order valence-electron chi connectivity index (χ3n) is 6.25. The Kier molecular flexibility index (Phi) is 5.73. The van der Waals surface area contributed by atoms with Gasteiger partial charge in [0.25, 0.3) is 5.78 Å². The van der Waals surface area contributed by atoms with Crippen LogP contribution in [0.3, 0.4) is 0 Å². The van der Waals surface area contributed by atoms with Crippen molar-refractivity contribution in [2.45, 2.75) is 19.9 Å². The number of ether oxygens (including phenoxy) is 1. The van der Waals surface area contributed by atoms with Crippen molar-refractivity contribution in [3.05, 3.63) is 107 Å². The number of aryl methyl sites for hydroxylation is 2. The van der Waals surface area contributed by atoms with E-state index in [1.54, 1.807) is 60.8 Å². The van der Waals surface area contributed by atoms with Gasteiger partial charge in [0.1, 0.15) is 27.8 Å². The number of Topliss-reactive ketones (excluding diaryl/α,β-unsaturated/α-hetero) is 1. The molecule has 6 rings (SSSR count). The summed E-state index contributed by atoms with van der Waals surface area (Å²) in [5, 5.41) is 20.7. The molecule has 0 spiro atoms. The number of anilines is 1. The van der Waals surface area contributed by atoms with E-state index in [1.165, 1.54) is 16.2 Å². The number of fused-ring (bicyclic) bond motifs is 1. The zero-order chi connectivity index (χ0) is 26.4. The number of imidazole rings is 1. The highest BCUT2D eigenvalue weighted by molar-refractivity contribution is 7.15. The van der Waals surface area contributed by atoms with Crippen molar-refractivity contribution in [1.82, 2.24) is 19.6 Å². The Morgan fingerprint density at radius 2 is 1.71 bits per heavy atom. The Balaban J connectivity index is 1.55. The van der Waals surface area contributed by atoms with Crippen LogP contribution in [0.15, 0.2) is 84.6 Å². The molecule has 0 radical (unpaired) electrons. The quantitative estimate of drug-likeness (QED) is 0.191. The summed E-state index contributed by atoms with van der Waals surface area (Å²) in [7, 11) is 0. The minimum atomic E-state index is -0.963. The van der Waals surface area contributed by atoms with Crippen LogP contribution in [0.4, 0.5) is 5.13 Å². The highest BCUT2D eigenvalue weighted by atomic mass is 32.1. The van der Waals surface area contributed by atoms with Gasteiger partial charge in [-0.15, -0.1) is 10.2 Å². The van der Waals surface area contributed by atoms with Crippen molar-refractivity contribution in [1.29, 1.82) is 0 Å². The van der Waals surface area contributed by atoms with E-state index in [0.29, 0.717) is 39.1 Å². The standard InChI is InChI=1S/C28H21N5O4S/c1-16-23(32-14-7-6-13-21(32)29-16)25(34)22-24(33(27(36)26(22)35)28-31-30-17(2)38-28)18-9-8-12-20(15-18)37-19-10-4-3-5-11-19/h3-15,24,34H,1-2H3. The molecule has 1 saturated heterocycles. The van der Waals surface area contributed by atoms with Gasteiger partial charge in [0.05, 0.1) is 17.3 Å². The van der Waals surface area contributed by atoms with Gasteiger partial charge in [-0.1, -0.05) is 47.7 Å². The summed E-state index contributed by atoms with van der Waals surface area (Å²) in [6, 6.07) is 20.8. The molecule has 0 saturated carbocycles. The Hall–Kier alpha value is -4.83. The van der Waals surface area contributed by atoms with Crippen LogP contribution >= 0.6 is 11.3 Å². The number of hydrogen-bond donors (Lipinski definition) is 1. The number of ketones is 1. The predicted octanol–water partition coefficient (Wildman–Crippen LogP) is 5.22. The molecule has 10 heteroatoms. The van der Waals surface area contributed by atoms with Crippen LogP contribution in [0.2, 0.25) is 0 Å². The number of benzene rings is 2. The molecule has 0 bridgehead atoms. The lowest BCUT2D eigenvalue weighted by molar-refractivity contribution is -0.132. The Labute approximate surface area is 221 Å². The van der Waals surface area contributed by atoms with Gasteiger partial charge >= 0.3 is 5.91 Å². The van der Waals surface area contributed by atoms with E-state index in [2.05, 4.69) is 15.2 Å². The number of amides is 1. The lowest BCUT2D eigenvalue weighted by Crippen LogP contribution is -2.29. The number of para-hydroxylation sites is 1. The number of pyridine rings is 1. The molecular formula is C28H21N5O4S. The molecule has 1 unspecified atom stereocenters. The fourth-order valence-electron chi connectivity index (χ4n) is 4.63. The zero-order valence-corrected chi connectivity index (χ0v) is 21.2. The molecule has 1 N–H and O–H groups in total. The van der Waals surface area contributed by atoms with Crippen LogP contribution in [0.25, 0.3) is 11.4 Å². The van der Waals surface area contributed by atoms with Gasteiger partial charge in [-0.05, 0) is 55.8 Å². The van der Waals surface area contributed by atoms with Crippen LogP contribution in [0, 0.1) is 13.8 Å². The summed E-state index contributed by atoms with van der Waals surface area (Å²) in [6.07, 6.45) is 1.75. The molecule has 0 aliphatic carbocycles. The third-order valence-corrected chi connectivity index (χ3v) is 7.09. The average molecular weight is 524 g/mol. The molecule has 1 atom stereocenters.